The van der Waals surface area contributed by atoms with E-state index in [1.807, 2.05) is 11.8 Å². The van der Waals surface area contributed by atoms with Gasteiger partial charge in [-0.05, 0) is 32.6 Å². The minimum Gasteiger partial charge on any atom is -0.436 e. The Bertz CT molecular complexity index is 471. The molecule has 2 unspecified atom stereocenters. The molecule has 2 fully saturated rings. The van der Waals surface area contributed by atoms with E-state index < -0.39 is 0 Å². The average Bonchev–Trinajstić information content (AvgIpc) is 2.76. The lowest BCUT2D eigenvalue weighted by atomic mass is 10.0. The highest BCUT2D eigenvalue weighted by Gasteiger charge is 2.43. The SMILES string of the molecule is Cc1nc(C)c(C(=O)N2C3CCC2CC(Br)C3)o1. The lowest BCUT2D eigenvalue weighted by Crippen LogP contribution is -2.46. The summed E-state index contributed by atoms with van der Waals surface area (Å²) in [7, 11) is 0. The predicted molar refractivity (Wildman–Crippen MR) is 70.9 cm³/mol. The summed E-state index contributed by atoms with van der Waals surface area (Å²) in [4.78, 5) is 19.4. The topological polar surface area (TPSA) is 46.3 Å². The second-order valence-corrected chi connectivity index (χ2v) is 6.61. The summed E-state index contributed by atoms with van der Waals surface area (Å²) in [5.41, 5.74) is 0.706. The summed E-state index contributed by atoms with van der Waals surface area (Å²) in [6.45, 7) is 3.62. The number of rotatable bonds is 1. The van der Waals surface area contributed by atoms with Gasteiger partial charge in [0.05, 0.1) is 5.69 Å². The highest BCUT2D eigenvalue weighted by Crippen LogP contribution is 2.39. The van der Waals surface area contributed by atoms with Gasteiger partial charge in [0.1, 0.15) is 0 Å². The van der Waals surface area contributed by atoms with Crippen LogP contribution in [0.5, 0.6) is 0 Å². The molecule has 2 aliphatic heterocycles. The van der Waals surface area contributed by atoms with Gasteiger partial charge in [-0.1, -0.05) is 15.9 Å². The number of fused-ring (bicyclic) bond motifs is 2. The van der Waals surface area contributed by atoms with Gasteiger partial charge in [0.25, 0.3) is 5.91 Å². The van der Waals surface area contributed by atoms with Crippen LogP contribution in [0, 0.1) is 13.8 Å². The average molecular weight is 313 g/mol. The summed E-state index contributed by atoms with van der Waals surface area (Å²) in [5, 5.41) is 0. The largest absolute Gasteiger partial charge is 0.436 e. The smallest absolute Gasteiger partial charge is 0.292 e. The van der Waals surface area contributed by atoms with Crippen LogP contribution in [0.3, 0.4) is 0 Å². The first-order valence-corrected chi connectivity index (χ1v) is 7.38. The molecular formula is C13H17BrN2O2. The van der Waals surface area contributed by atoms with Gasteiger partial charge in [-0.25, -0.2) is 4.98 Å². The molecule has 2 bridgehead atoms. The summed E-state index contributed by atoms with van der Waals surface area (Å²) in [6.07, 6.45) is 4.33. The third-order valence-corrected chi connectivity index (χ3v) is 4.76. The van der Waals surface area contributed by atoms with Gasteiger partial charge in [-0.3, -0.25) is 4.79 Å². The Morgan fingerprint density at radius 1 is 1.33 bits per heavy atom. The van der Waals surface area contributed by atoms with E-state index in [0.29, 0.717) is 34.3 Å². The Morgan fingerprint density at radius 2 is 1.94 bits per heavy atom. The van der Waals surface area contributed by atoms with Crippen LogP contribution in [0.2, 0.25) is 0 Å². The highest BCUT2D eigenvalue weighted by atomic mass is 79.9. The minimum atomic E-state index is 0.0278. The zero-order valence-corrected chi connectivity index (χ0v) is 12.2. The maximum absolute atomic E-state index is 12.6. The molecule has 0 spiro atoms. The molecular weight excluding hydrogens is 296 g/mol. The van der Waals surface area contributed by atoms with Gasteiger partial charge in [0.2, 0.25) is 5.76 Å². The number of halogens is 1. The van der Waals surface area contributed by atoms with Crippen LogP contribution in [0.25, 0.3) is 0 Å². The maximum Gasteiger partial charge on any atom is 0.292 e. The molecule has 2 atom stereocenters. The molecule has 0 N–H and O–H groups in total. The van der Waals surface area contributed by atoms with Crippen molar-refractivity contribution in [3.05, 3.63) is 17.3 Å². The number of carbonyl (C=O) groups is 1. The lowest BCUT2D eigenvalue weighted by Gasteiger charge is -2.36. The Morgan fingerprint density at radius 3 is 2.44 bits per heavy atom. The second-order valence-electron chi connectivity index (χ2n) is 5.31. The highest BCUT2D eigenvalue weighted by molar-refractivity contribution is 9.09. The second kappa shape index (κ2) is 4.37. The fourth-order valence-corrected chi connectivity index (χ4v) is 4.15. The Balaban J connectivity index is 1.88. The number of piperidine rings is 1. The number of alkyl halides is 1. The van der Waals surface area contributed by atoms with Gasteiger partial charge in [-0.15, -0.1) is 0 Å². The van der Waals surface area contributed by atoms with Crippen molar-refractivity contribution < 1.29 is 9.21 Å². The molecule has 0 saturated carbocycles. The van der Waals surface area contributed by atoms with Gasteiger partial charge in [-0.2, -0.15) is 0 Å². The van der Waals surface area contributed by atoms with Crippen LogP contribution in [0.1, 0.15) is 47.8 Å². The molecule has 3 heterocycles. The molecule has 5 heteroatoms. The number of oxazole rings is 1. The van der Waals surface area contributed by atoms with E-state index in [1.165, 1.54) is 0 Å². The molecule has 0 radical (unpaired) electrons. The van der Waals surface area contributed by atoms with E-state index in [2.05, 4.69) is 20.9 Å². The quantitative estimate of drug-likeness (QED) is 0.749. The standard InChI is InChI=1S/C13H17BrN2O2/c1-7-12(18-8(2)15-7)13(17)16-10-3-4-11(16)6-9(14)5-10/h9-11H,3-6H2,1-2H3. The van der Waals surface area contributed by atoms with Crippen molar-refractivity contribution in [2.24, 2.45) is 0 Å². The monoisotopic (exact) mass is 312 g/mol. The number of aromatic nitrogens is 1. The van der Waals surface area contributed by atoms with Crippen molar-refractivity contribution >= 4 is 21.8 Å². The number of nitrogens with zero attached hydrogens (tertiary/aromatic N) is 2. The summed E-state index contributed by atoms with van der Waals surface area (Å²) < 4.78 is 5.47. The third-order valence-electron chi connectivity index (χ3n) is 4.01. The number of carbonyl (C=O) groups excluding carboxylic acids is 1. The van der Waals surface area contributed by atoms with E-state index in [0.717, 1.165) is 25.7 Å². The third kappa shape index (κ3) is 1.88. The van der Waals surface area contributed by atoms with Crippen LogP contribution in [-0.4, -0.2) is 32.7 Å². The Hall–Kier alpha value is -0.840. The molecule has 1 aromatic rings. The first-order chi connectivity index (χ1) is 8.56. The van der Waals surface area contributed by atoms with Gasteiger partial charge >= 0.3 is 0 Å². The van der Waals surface area contributed by atoms with Crippen molar-refractivity contribution in [3.63, 3.8) is 0 Å². The normalized spacial score (nSPS) is 30.8. The molecule has 2 saturated heterocycles. The van der Waals surface area contributed by atoms with Gasteiger partial charge < -0.3 is 9.32 Å². The first kappa shape index (κ1) is 12.2. The van der Waals surface area contributed by atoms with Crippen LogP contribution < -0.4 is 0 Å². The zero-order valence-electron chi connectivity index (χ0n) is 10.6. The molecule has 0 aromatic carbocycles. The van der Waals surface area contributed by atoms with Crippen molar-refractivity contribution in [1.29, 1.82) is 0 Å². The number of amides is 1. The Labute approximate surface area is 115 Å². The van der Waals surface area contributed by atoms with Gasteiger partial charge in [0.15, 0.2) is 5.89 Å². The number of hydrogen-bond acceptors (Lipinski definition) is 3. The summed E-state index contributed by atoms with van der Waals surface area (Å²) >= 11 is 3.69. The predicted octanol–water partition coefficient (Wildman–Crippen LogP) is 2.82. The molecule has 18 heavy (non-hydrogen) atoms. The van der Waals surface area contributed by atoms with E-state index in [4.69, 9.17) is 4.42 Å². The first-order valence-electron chi connectivity index (χ1n) is 6.47. The molecule has 3 rings (SSSR count). The van der Waals surface area contributed by atoms with Crippen molar-refractivity contribution in [3.8, 4) is 0 Å². The van der Waals surface area contributed by atoms with Crippen molar-refractivity contribution in [2.45, 2.75) is 56.4 Å². The summed E-state index contributed by atoms with van der Waals surface area (Å²) in [6, 6.07) is 0.732. The lowest BCUT2D eigenvalue weighted by molar-refractivity contribution is 0.0568. The van der Waals surface area contributed by atoms with Crippen LogP contribution in [0.4, 0.5) is 0 Å². The molecule has 0 aliphatic carbocycles. The molecule has 98 valence electrons. The van der Waals surface area contributed by atoms with Crippen LogP contribution in [-0.2, 0) is 0 Å². The van der Waals surface area contributed by atoms with Crippen LogP contribution >= 0.6 is 15.9 Å². The molecule has 1 aromatic heterocycles. The molecule has 1 amide bonds. The van der Waals surface area contributed by atoms with E-state index in [1.54, 1.807) is 6.92 Å². The Kier molecular flexibility index (Phi) is 2.96. The molecule has 2 aliphatic rings. The van der Waals surface area contributed by atoms with E-state index >= 15 is 0 Å². The summed E-state index contributed by atoms with van der Waals surface area (Å²) in [5.74, 6) is 1.02. The van der Waals surface area contributed by atoms with Crippen molar-refractivity contribution in [2.75, 3.05) is 0 Å². The van der Waals surface area contributed by atoms with Crippen LogP contribution in [0.15, 0.2) is 4.42 Å². The van der Waals surface area contributed by atoms with E-state index in [-0.39, 0.29) is 5.91 Å². The fraction of sp³-hybridized carbons (Fsp3) is 0.692. The zero-order chi connectivity index (χ0) is 12.9. The molecule has 4 nitrogen and oxygen atoms in total. The fourth-order valence-electron chi connectivity index (χ4n) is 3.29. The minimum absolute atomic E-state index is 0.0278. The van der Waals surface area contributed by atoms with Crippen molar-refractivity contribution in [1.82, 2.24) is 9.88 Å². The van der Waals surface area contributed by atoms with E-state index in [9.17, 15) is 4.79 Å². The number of hydrogen-bond donors (Lipinski definition) is 0. The maximum atomic E-state index is 12.6. The van der Waals surface area contributed by atoms with Gasteiger partial charge in [0, 0.05) is 23.8 Å². The number of aryl methyl sites for hydroxylation is 2.